The van der Waals surface area contributed by atoms with Crippen molar-refractivity contribution in [2.75, 3.05) is 39.4 Å². The SMILES string of the molecule is CCCC(C)NCCN1CCCOCC1. The van der Waals surface area contributed by atoms with Gasteiger partial charge in [0, 0.05) is 38.8 Å². The van der Waals surface area contributed by atoms with Gasteiger partial charge >= 0.3 is 0 Å². The average Bonchev–Trinajstić information content (AvgIpc) is 2.47. The van der Waals surface area contributed by atoms with Gasteiger partial charge in [-0.2, -0.15) is 0 Å². The minimum absolute atomic E-state index is 0.665. The predicted octanol–water partition coefficient (Wildman–Crippen LogP) is 1.49. The van der Waals surface area contributed by atoms with Crippen LogP contribution in [0.25, 0.3) is 0 Å². The predicted molar refractivity (Wildman–Crippen MR) is 64.2 cm³/mol. The molecule has 1 unspecified atom stereocenters. The third kappa shape index (κ3) is 6.13. The van der Waals surface area contributed by atoms with Crippen molar-refractivity contribution in [2.24, 2.45) is 0 Å². The van der Waals surface area contributed by atoms with Crippen LogP contribution in [0.5, 0.6) is 0 Å². The molecule has 1 aliphatic rings. The van der Waals surface area contributed by atoms with E-state index in [4.69, 9.17) is 4.74 Å². The summed E-state index contributed by atoms with van der Waals surface area (Å²) in [5.74, 6) is 0. The zero-order valence-electron chi connectivity index (χ0n) is 10.3. The Morgan fingerprint density at radius 3 is 3.00 bits per heavy atom. The molecule has 0 spiro atoms. The Balaban J connectivity index is 2.02. The van der Waals surface area contributed by atoms with Crippen LogP contribution in [0.15, 0.2) is 0 Å². The zero-order chi connectivity index (χ0) is 10.9. The van der Waals surface area contributed by atoms with E-state index in [0.717, 1.165) is 32.8 Å². The molecule has 0 saturated carbocycles. The van der Waals surface area contributed by atoms with Crippen molar-refractivity contribution in [3.63, 3.8) is 0 Å². The van der Waals surface area contributed by atoms with E-state index in [2.05, 4.69) is 24.1 Å². The first-order valence-electron chi connectivity index (χ1n) is 6.36. The van der Waals surface area contributed by atoms with Crippen molar-refractivity contribution in [3.05, 3.63) is 0 Å². The number of ether oxygens (including phenoxy) is 1. The molecule has 0 aromatic rings. The molecule has 1 fully saturated rings. The Kier molecular flexibility index (Phi) is 6.98. The molecule has 1 rings (SSSR count). The summed E-state index contributed by atoms with van der Waals surface area (Å²) in [7, 11) is 0. The maximum Gasteiger partial charge on any atom is 0.0593 e. The van der Waals surface area contributed by atoms with Gasteiger partial charge in [0.15, 0.2) is 0 Å². The summed E-state index contributed by atoms with van der Waals surface area (Å²) in [4.78, 5) is 2.50. The summed E-state index contributed by atoms with van der Waals surface area (Å²) in [6.07, 6.45) is 3.74. The lowest BCUT2D eigenvalue weighted by atomic mass is 10.2. The lowest BCUT2D eigenvalue weighted by Crippen LogP contribution is -2.37. The largest absolute Gasteiger partial charge is 0.380 e. The Hall–Kier alpha value is -0.120. The van der Waals surface area contributed by atoms with Crippen LogP contribution in [0, 0.1) is 0 Å². The Morgan fingerprint density at radius 1 is 1.33 bits per heavy atom. The van der Waals surface area contributed by atoms with Crippen molar-refractivity contribution in [3.8, 4) is 0 Å². The second-order valence-electron chi connectivity index (χ2n) is 4.45. The summed E-state index contributed by atoms with van der Waals surface area (Å²) in [6, 6.07) is 0.665. The summed E-state index contributed by atoms with van der Waals surface area (Å²) < 4.78 is 5.43. The molecule has 1 aliphatic heterocycles. The van der Waals surface area contributed by atoms with Gasteiger partial charge in [-0.15, -0.1) is 0 Å². The van der Waals surface area contributed by atoms with Crippen molar-refractivity contribution < 1.29 is 4.74 Å². The van der Waals surface area contributed by atoms with E-state index < -0.39 is 0 Å². The van der Waals surface area contributed by atoms with Gasteiger partial charge in [-0.3, -0.25) is 4.90 Å². The number of nitrogens with zero attached hydrogens (tertiary/aromatic N) is 1. The molecule has 0 amide bonds. The molecule has 3 nitrogen and oxygen atoms in total. The lowest BCUT2D eigenvalue weighted by Gasteiger charge is -2.20. The highest BCUT2D eigenvalue weighted by molar-refractivity contribution is 4.65. The van der Waals surface area contributed by atoms with E-state index in [1.165, 1.54) is 25.8 Å². The second kappa shape index (κ2) is 8.08. The molecule has 1 saturated heterocycles. The third-order valence-electron chi connectivity index (χ3n) is 2.96. The first-order valence-corrected chi connectivity index (χ1v) is 6.36. The third-order valence-corrected chi connectivity index (χ3v) is 2.96. The van der Waals surface area contributed by atoms with E-state index in [0.29, 0.717) is 6.04 Å². The smallest absolute Gasteiger partial charge is 0.0593 e. The van der Waals surface area contributed by atoms with Gasteiger partial charge in [0.2, 0.25) is 0 Å². The lowest BCUT2D eigenvalue weighted by molar-refractivity contribution is 0.141. The van der Waals surface area contributed by atoms with Crippen LogP contribution in [0.4, 0.5) is 0 Å². The maximum absolute atomic E-state index is 5.43. The number of hydrogen-bond donors (Lipinski definition) is 1. The van der Waals surface area contributed by atoms with Crippen LogP contribution in [-0.4, -0.2) is 50.3 Å². The molecular formula is C12H26N2O. The number of hydrogen-bond acceptors (Lipinski definition) is 3. The van der Waals surface area contributed by atoms with Gasteiger partial charge in [0.05, 0.1) is 6.61 Å². The van der Waals surface area contributed by atoms with Crippen LogP contribution in [0.2, 0.25) is 0 Å². The summed E-state index contributed by atoms with van der Waals surface area (Å²) in [5.41, 5.74) is 0. The van der Waals surface area contributed by atoms with Gasteiger partial charge in [-0.25, -0.2) is 0 Å². The highest BCUT2D eigenvalue weighted by Gasteiger charge is 2.08. The Morgan fingerprint density at radius 2 is 2.20 bits per heavy atom. The molecule has 0 aromatic heterocycles. The summed E-state index contributed by atoms with van der Waals surface area (Å²) in [6.45, 7) is 10.9. The van der Waals surface area contributed by atoms with Crippen LogP contribution >= 0.6 is 0 Å². The summed E-state index contributed by atoms with van der Waals surface area (Å²) >= 11 is 0. The van der Waals surface area contributed by atoms with Gasteiger partial charge < -0.3 is 10.1 Å². The van der Waals surface area contributed by atoms with E-state index in [1.807, 2.05) is 0 Å². The van der Waals surface area contributed by atoms with Gasteiger partial charge in [-0.05, 0) is 19.8 Å². The molecule has 3 heteroatoms. The highest BCUT2D eigenvalue weighted by atomic mass is 16.5. The minimum Gasteiger partial charge on any atom is -0.380 e. The molecule has 15 heavy (non-hydrogen) atoms. The van der Waals surface area contributed by atoms with E-state index >= 15 is 0 Å². The fraction of sp³-hybridized carbons (Fsp3) is 1.00. The van der Waals surface area contributed by atoms with Crippen LogP contribution in [-0.2, 0) is 4.74 Å². The topological polar surface area (TPSA) is 24.5 Å². The quantitative estimate of drug-likeness (QED) is 0.725. The van der Waals surface area contributed by atoms with Gasteiger partial charge in [0.1, 0.15) is 0 Å². The molecule has 0 bridgehead atoms. The maximum atomic E-state index is 5.43. The van der Waals surface area contributed by atoms with Crippen molar-refractivity contribution in [2.45, 2.75) is 39.2 Å². The number of rotatable bonds is 6. The van der Waals surface area contributed by atoms with E-state index in [-0.39, 0.29) is 0 Å². The molecule has 90 valence electrons. The highest BCUT2D eigenvalue weighted by Crippen LogP contribution is 1.98. The monoisotopic (exact) mass is 214 g/mol. The fourth-order valence-electron chi connectivity index (χ4n) is 2.03. The number of nitrogens with one attached hydrogen (secondary N) is 1. The molecule has 1 N–H and O–H groups in total. The van der Waals surface area contributed by atoms with Gasteiger partial charge in [0.25, 0.3) is 0 Å². The second-order valence-corrected chi connectivity index (χ2v) is 4.45. The molecule has 1 atom stereocenters. The van der Waals surface area contributed by atoms with Crippen molar-refractivity contribution >= 4 is 0 Å². The Bertz CT molecular complexity index is 145. The van der Waals surface area contributed by atoms with E-state index in [1.54, 1.807) is 0 Å². The molecular weight excluding hydrogens is 188 g/mol. The Labute approximate surface area is 94.2 Å². The van der Waals surface area contributed by atoms with Gasteiger partial charge in [-0.1, -0.05) is 13.3 Å². The van der Waals surface area contributed by atoms with Crippen molar-refractivity contribution in [1.29, 1.82) is 0 Å². The first kappa shape index (κ1) is 12.9. The molecule has 0 aliphatic carbocycles. The first-order chi connectivity index (χ1) is 7.33. The zero-order valence-corrected chi connectivity index (χ0v) is 10.3. The van der Waals surface area contributed by atoms with Crippen LogP contribution < -0.4 is 5.32 Å². The summed E-state index contributed by atoms with van der Waals surface area (Å²) in [5, 5.41) is 3.57. The normalized spacial score (nSPS) is 21.2. The fourth-order valence-corrected chi connectivity index (χ4v) is 2.03. The van der Waals surface area contributed by atoms with Crippen molar-refractivity contribution in [1.82, 2.24) is 10.2 Å². The molecule has 0 aromatic carbocycles. The average molecular weight is 214 g/mol. The standard InChI is InChI=1S/C12H26N2O/c1-3-5-12(2)13-6-8-14-7-4-10-15-11-9-14/h12-13H,3-11H2,1-2H3. The molecule has 0 radical (unpaired) electrons. The van der Waals surface area contributed by atoms with Crippen LogP contribution in [0.1, 0.15) is 33.1 Å². The minimum atomic E-state index is 0.665. The van der Waals surface area contributed by atoms with E-state index in [9.17, 15) is 0 Å². The molecule has 1 heterocycles. The van der Waals surface area contributed by atoms with Crippen LogP contribution in [0.3, 0.4) is 0 Å².